The summed E-state index contributed by atoms with van der Waals surface area (Å²) in [4.78, 5) is 15.1. The highest BCUT2D eigenvalue weighted by Gasteiger charge is 2.47. The number of fused-ring (bicyclic) bond motifs is 8. The molecule has 0 saturated heterocycles. The van der Waals surface area contributed by atoms with E-state index in [1.165, 1.54) is 91.8 Å². The molecule has 17 rings (SSSR count). The maximum atomic E-state index is 2.64. The summed E-state index contributed by atoms with van der Waals surface area (Å²) in [6, 6.07) is 117. The van der Waals surface area contributed by atoms with Crippen LogP contribution >= 0.6 is 23.5 Å². The second-order valence-electron chi connectivity index (χ2n) is 22.3. The minimum absolute atomic E-state index is 0.0562. The molecule has 4 aliphatic heterocycles. The van der Waals surface area contributed by atoms with Crippen LogP contribution in [-0.2, 0) is 0 Å². The van der Waals surface area contributed by atoms with Gasteiger partial charge < -0.3 is 19.6 Å². The van der Waals surface area contributed by atoms with E-state index in [0.29, 0.717) is 0 Å². The van der Waals surface area contributed by atoms with Crippen molar-refractivity contribution >= 4 is 138 Å². The molecule has 0 aliphatic carbocycles. The first kappa shape index (κ1) is 50.4. The van der Waals surface area contributed by atoms with Crippen molar-refractivity contribution in [3.05, 3.63) is 315 Å². The smallest absolute Gasteiger partial charge is 0.249 e. The molecule has 4 nitrogen and oxygen atoms in total. The molecule has 4 heterocycles. The van der Waals surface area contributed by atoms with Crippen molar-refractivity contribution in [2.75, 3.05) is 19.6 Å². The minimum Gasteiger partial charge on any atom is -0.311 e. The standard InChI is InChI=1S/C78H52B2N4S2/c1-7-27-53(28-8-1)61-39-19-23-43-67(61)82(57-35-15-5-16-36-57)60-48-72-78-75(50-60)85-73-46-26-22-42-64(73)80(78)65-51-66-74(52-70(65)84(72)68-44-24-20-40-62(68)54-29-9-2-10-30-54)86-76-49-59(81(55-31-11-3-12-32-55)56-33-13-4-14-34-56)47-71-77(76)79(66)63-41-21-25-45-69(63)83(71)58-37-17-6-18-38-58/h1-52H. The Morgan fingerprint density at radius 2 is 0.709 bits per heavy atom. The molecule has 4 aliphatic rings. The zero-order valence-corrected chi connectivity index (χ0v) is 48.4. The zero-order chi connectivity index (χ0) is 56.7. The van der Waals surface area contributed by atoms with E-state index in [-0.39, 0.29) is 13.4 Å². The Labute approximate surface area is 511 Å². The van der Waals surface area contributed by atoms with Crippen LogP contribution in [0, 0.1) is 0 Å². The molecule has 8 heteroatoms. The average Bonchev–Trinajstić information content (AvgIpc) is 0.773. The van der Waals surface area contributed by atoms with E-state index in [1.807, 2.05) is 23.5 Å². The predicted molar refractivity (Wildman–Crippen MR) is 366 cm³/mol. The summed E-state index contributed by atoms with van der Waals surface area (Å²) in [7, 11) is 0. The Kier molecular flexibility index (Phi) is 12.2. The lowest BCUT2D eigenvalue weighted by atomic mass is 9.31. The molecular weight excluding hydrogens is 1080 g/mol. The molecular formula is C78H52B2N4S2. The van der Waals surface area contributed by atoms with Crippen molar-refractivity contribution in [3.8, 4) is 22.3 Å². The van der Waals surface area contributed by atoms with E-state index in [9.17, 15) is 0 Å². The highest BCUT2D eigenvalue weighted by Crippen LogP contribution is 2.52. The highest BCUT2D eigenvalue weighted by atomic mass is 32.2. The third kappa shape index (κ3) is 8.27. The lowest BCUT2D eigenvalue weighted by Gasteiger charge is -2.44. The van der Waals surface area contributed by atoms with Crippen molar-refractivity contribution in [1.29, 1.82) is 0 Å². The number of hydrogen-bond acceptors (Lipinski definition) is 6. The summed E-state index contributed by atoms with van der Waals surface area (Å²) in [5, 5.41) is 0. The van der Waals surface area contributed by atoms with Crippen LogP contribution in [0.2, 0.25) is 0 Å². The van der Waals surface area contributed by atoms with Crippen molar-refractivity contribution in [2.45, 2.75) is 19.6 Å². The molecule has 0 saturated carbocycles. The average molecular weight is 1130 g/mol. The third-order valence-electron chi connectivity index (χ3n) is 17.5. The molecule has 13 aromatic rings. The molecule has 0 amide bonds. The van der Waals surface area contributed by atoms with Gasteiger partial charge in [-0.05, 0) is 136 Å². The number of benzene rings is 13. The molecule has 13 aromatic carbocycles. The van der Waals surface area contributed by atoms with Crippen molar-refractivity contribution < 1.29 is 0 Å². The van der Waals surface area contributed by atoms with Gasteiger partial charge >= 0.3 is 0 Å². The maximum Gasteiger partial charge on any atom is 0.249 e. The topological polar surface area (TPSA) is 13.0 Å². The highest BCUT2D eigenvalue weighted by molar-refractivity contribution is 8.00. The zero-order valence-electron chi connectivity index (χ0n) is 46.8. The Balaban J connectivity index is 0.947. The lowest BCUT2D eigenvalue weighted by Crippen LogP contribution is -2.64. The minimum atomic E-state index is -0.0630. The third-order valence-corrected chi connectivity index (χ3v) is 19.8. The van der Waals surface area contributed by atoms with Crippen LogP contribution < -0.4 is 52.4 Å². The van der Waals surface area contributed by atoms with Gasteiger partial charge in [0.2, 0.25) is 13.4 Å². The van der Waals surface area contributed by atoms with E-state index in [0.717, 1.165) is 51.1 Å². The Bertz CT molecular complexity index is 4710. The summed E-state index contributed by atoms with van der Waals surface area (Å²) in [5.74, 6) is 0. The Morgan fingerprint density at radius 1 is 0.256 bits per heavy atom. The van der Waals surface area contributed by atoms with Crippen LogP contribution in [0.1, 0.15) is 0 Å². The van der Waals surface area contributed by atoms with Crippen LogP contribution in [-0.4, -0.2) is 13.4 Å². The van der Waals surface area contributed by atoms with Gasteiger partial charge in [-0.25, -0.2) is 0 Å². The molecule has 86 heavy (non-hydrogen) atoms. The van der Waals surface area contributed by atoms with Gasteiger partial charge in [-0.15, -0.1) is 0 Å². The maximum absolute atomic E-state index is 2.64. The van der Waals surface area contributed by atoms with E-state index < -0.39 is 0 Å². The van der Waals surface area contributed by atoms with Crippen LogP contribution in [0.15, 0.2) is 335 Å². The Hall–Kier alpha value is -10.1. The van der Waals surface area contributed by atoms with Gasteiger partial charge in [0.1, 0.15) is 0 Å². The Morgan fingerprint density at radius 3 is 1.35 bits per heavy atom. The SMILES string of the molecule is c1ccc(-c2ccccc2N(c2ccccc2)c2cc3c4c(c2)N(c2ccccc2-c2ccccc2)c2cc5c(cc2B4c2ccccc2S3)B2c3ccccc3N(c3ccccc3)c3cc(N(c4ccccc4)c4ccccc4)cc(c32)S5)cc1. The van der Waals surface area contributed by atoms with Crippen molar-refractivity contribution in [2.24, 2.45) is 0 Å². The van der Waals surface area contributed by atoms with E-state index in [4.69, 9.17) is 0 Å². The summed E-state index contributed by atoms with van der Waals surface area (Å²) < 4.78 is 0. The molecule has 0 N–H and O–H groups in total. The fourth-order valence-electron chi connectivity index (χ4n) is 13.9. The van der Waals surface area contributed by atoms with Crippen LogP contribution in [0.3, 0.4) is 0 Å². The fourth-order valence-corrected chi connectivity index (χ4v) is 16.3. The summed E-state index contributed by atoms with van der Waals surface area (Å²) in [6.45, 7) is -0.119. The van der Waals surface area contributed by atoms with Crippen molar-refractivity contribution in [1.82, 2.24) is 0 Å². The van der Waals surface area contributed by atoms with Gasteiger partial charge in [0.05, 0.1) is 11.4 Å². The largest absolute Gasteiger partial charge is 0.311 e. The molecule has 0 bridgehead atoms. The first-order chi connectivity index (χ1) is 42.7. The van der Waals surface area contributed by atoms with Gasteiger partial charge in [-0.2, -0.15) is 0 Å². The molecule has 0 aromatic heterocycles. The molecule has 0 unspecified atom stereocenters. The molecule has 0 atom stereocenters. The van der Waals surface area contributed by atoms with Gasteiger partial charge in [0.15, 0.2) is 0 Å². The predicted octanol–water partition coefficient (Wildman–Crippen LogP) is 17.5. The molecule has 0 spiro atoms. The molecule has 402 valence electrons. The van der Waals surface area contributed by atoms with Gasteiger partial charge in [0, 0.05) is 87.6 Å². The van der Waals surface area contributed by atoms with Crippen LogP contribution in [0.5, 0.6) is 0 Å². The number of nitrogens with zero attached hydrogens (tertiary/aromatic N) is 4. The number of rotatable bonds is 10. The summed E-state index contributed by atoms with van der Waals surface area (Å²) >= 11 is 3.82. The monoisotopic (exact) mass is 1130 g/mol. The van der Waals surface area contributed by atoms with Gasteiger partial charge in [-0.1, -0.05) is 247 Å². The van der Waals surface area contributed by atoms with Crippen LogP contribution in [0.4, 0.5) is 68.2 Å². The molecule has 0 fully saturated rings. The van der Waals surface area contributed by atoms with Gasteiger partial charge in [-0.3, -0.25) is 0 Å². The van der Waals surface area contributed by atoms with Gasteiger partial charge in [0.25, 0.3) is 0 Å². The van der Waals surface area contributed by atoms with Crippen molar-refractivity contribution in [3.63, 3.8) is 0 Å². The first-order valence-electron chi connectivity index (χ1n) is 29.5. The summed E-state index contributed by atoms with van der Waals surface area (Å²) in [5.41, 5.74) is 26.2. The second-order valence-corrected chi connectivity index (χ2v) is 24.5. The lowest BCUT2D eigenvalue weighted by molar-refractivity contribution is 1.22. The number of hydrogen-bond donors (Lipinski definition) is 0. The van der Waals surface area contributed by atoms with Crippen LogP contribution in [0.25, 0.3) is 22.3 Å². The molecule has 0 radical (unpaired) electrons. The number of anilines is 12. The van der Waals surface area contributed by atoms with E-state index in [2.05, 4.69) is 335 Å². The second kappa shape index (κ2) is 20.9. The fraction of sp³-hybridized carbons (Fsp3) is 0. The van der Waals surface area contributed by atoms with E-state index in [1.54, 1.807) is 0 Å². The normalized spacial score (nSPS) is 12.9. The quantitative estimate of drug-likeness (QED) is 0.126. The summed E-state index contributed by atoms with van der Waals surface area (Å²) in [6.07, 6.45) is 0. The number of para-hydroxylation sites is 7. The van der Waals surface area contributed by atoms with E-state index >= 15 is 0 Å². The first-order valence-corrected chi connectivity index (χ1v) is 31.1.